The highest BCUT2D eigenvalue weighted by atomic mass is 32.2. The van der Waals surface area contributed by atoms with Gasteiger partial charge in [-0.25, -0.2) is 8.42 Å². The van der Waals surface area contributed by atoms with Crippen LogP contribution in [0.3, 0.4) is 0 Å². The molecule has 0 radical (unpaired) electrons. The number of hydrogen-bond donors (Lipinski definition) is 1. The summed E-state index contributed by atoms with van der Waals surface area (Å²) in [6.07, 6.45) is 1.09. The van der Waals surface area contributed by atoms with Crippen LogP contribution in [0.5, 0.6) is 0 Å². The van der Waals surface area contributed by atoms with Crippen LogP contribution in [0.25, 0.3) is 0 Å². The van der Waals surface area contributed by atoms with E-state index in [9.17, 15) is 8.42 Å². The molecule has 6 heteroatoms. The van der Waals surface area contributed by atoms with E-state index in [1.54, 1.807) is 24.3 Å². The molecule has 0 aromatic heterocycles. The maximum atomic E-state index is 12.4. The van der Waals surface area contributed by atoms with Gasteiger partial charge >= 0.3 is 0 Å². The van der Waals surface area contributed by atoms with E-state index in [0.29, 0.717) is 18.0 Å². The van der Waals surface area contributed by atoms with Crippen LogP contribution in [0.15, 0.2) is 29.2 Å². The summed E-state index contributed by atoms with van der Waals surface area (Å²) in [6.45, 7) is 5.72. The lowest BCUT2D eigenvalue weighted by Gasteiger charge is -2.20. The van der Waals surface area contributed by atoms with Crippen molar-refractivity contribution < 1.29 is 8.42 Å². The quantitative estimate of drug-likeness (QED) is 0.740. The monoisotopic (exact) mass is 328 g/mol. The maximum Gasteiger partial charge on any atom is 0.179 e. The molecule has 0 aliphatic heterocycles. The topological polar surface area (TPSA) is 63.4 Å². The lowest BCUT2D eigenvalue weighted by atomic mass is 10.1. The van der Waals surface area contributed by atoms with Crippen molar-refractivity contribution in [1.82, 2.24) is 4.90 Å². The molecule has 118 valence electrons. The Bertz CT molecular complexity index is 585. The highest BCUT2D eigenvalue weighted by Gasteiger charge is 2.16. The second-order valence-electron chi connectivity index (χ2n) is 5.49. The Hall–Kier alpha value is -0.980. The van der Waals surface area contributed by atoms with Crippen molar-refractivity contribution in [2.24, 2.45) is 11.7 Å². The first kappa shape index (κ1) is 18.1. The van der Waals surface area contributed by atoms with Crippen LogP contribution in [0.1, 0.15) is 25.8 Å². The van der Waals surface area contributed by atoms with E-state index >= 15 is 0 Å². The van der Waals surface area contributed by atoms with Gasteiger partial charge in [0, 0.05) is 18.7 Å². The van der Waals surface area contributed by atoms with Gasteiger partial charge in [0.2, 0.25) is 0 Å². The standard InChI is InChI=1S/C15H24N2O2S2/c1-4-12(2)11-17(3)8-9-21(18,19)14-7-5-6-13(10-14)15(16)20/h5-7,10,12H,4,8-9,11H2,1-3H3,(H2,16,20). The number of nitrogens with two attached hydrogens (primary N) is 1. The summed E-state index contributed by atoms with van der Waals surface area (Å²) in [7, 11) is -1.36. The molecule has 0 aliphatic rings. The highest BCUT2D eigenvalue weighted by Crippen LogP contribution is 2.14. The van der Waals surface area contributed by atoms with Crippen LogP contribution in [0.2, 0.25) is 0 Å². The Morgan fingerprint density at radius 2 is 2.10 bits per heavy atom. The van der Waals surface area contributed by atoms with Gasteiger partial charge in [-0.05, 0) is 25.1 Å². The van der Waals surface area contributed by atoms with E-state index in [1.165, 1.54) is 0 Å². The zero-order valence-corrected chi connectivity index (χ0v) is 14.5. The first-order valence-corrected chi connectivity index (χ1v) is 9.13. The number of nitrogens with zero attached hydrogens (tertiary/aromatic N) is 1. The minimum atomic E-state index is -3.31. The Balaban J connectivity index is 2.73. The Morgan fingerprint density at radius 3 is 2.67 bits per heavy atom. The van der Waals surface area contributed by atoms with Crippen LogP contribution < -0.4 is 5.73 Å². The van der Waals surface area contributed by atoms with Gasteiger partial charge in [-0.15, -0.1) is 0 Å². The van der Waals surface area contributed by atoms with E-state index in [1.807, 2.05) is 7.05 Å². The number of benzene rings is 1. The van der Waals surface area contributed by atoms with Gasteiger partial charge in [-0.1, -0.05) is 44.6 Å². The van der Waals surface area contributed by atoms with Crippen molar-refractivity contribution in [2.75, 3.05) is 25.9 Å². The lowest BCUT2D eigenvalue weighted by Crippen LogP contribution is -2.29. The summed E-state index contributed by atoms with van der Waals surface area (Å²) >= 11 is 4.89. The normalized spacial score (nSPS) is 13.3. The largest absolute Gasteiger partial charge is 0.389 e. The van der Waals surface area contributed by atoms with Crippen molar-refractivity contribution in [1.29, 1.82) is 0 Å². The van der Waals surface area contributed by atoms with Crippen LogP contribution in [0.4, 0.5) is 0 Å². The number of thiocarbonyl (C=S) groups is 1. The average molecular weight is 329 g/mol. The molecule has 1 aromatic carbocycles. The van der Waals surface area contributed by atoms with E-state index < -0.39 is 9.84 Å². The predicted octanol–water partition coefficient (Wildman–Crippen LogP) is 2.07. The molecule has 1 atom stereocenters. The molecule has 0 amide bonds. The zero-order chi connectivity index (χ0) is 16.0. The summed E-state index contributed by atoms with van der Waals surface area (Å²) in [6, 6.07) is 6.53. The van der Waals surface area contributed by atoms with Crippen molar-refractivity contribution in [3.8, 4) is 0 Å². The SMILES string of the molecule is CCC(C)CN(C)CCS(=O)(=O)c1cccc(C(N)=S)c1. The fourth-order valence-corrected chi connectivity index (χ4v) is 3.50. The molecule has 1 rings (SSSR count). The average Bonchev–Trinajstić information content (AvgIpc) is 2.45. The second-order valence-corrected chi connectivity index (χ2v) is 8.04. The lowest BCUT2D eigenvalue weighted by molar-refractivity contribution is 0.296. The van der Waals surface area contributed by atoms with Gasteiger partial charge in [0.05, 0.1) is 10.6 Å². The molecule has 0 spiro atoms. The van der Waals surface area contributed by atoms with Crippen LogP contribution >= 0.6 is 12.2 Å². The van der Waals surface area contributed by atoms with E-state index in [-0.39, 0.29) is 15.6 Å². The molecule has 1 aromatic rings. The first-order valence-electron chi connectivity index (χ1n) is 7.07. The van der Waals surface area contributed by atoms with Crippen molar-refractivity contribution in [3.05, 3.63) is 29.8 Å². The molecule has 0 heterocycles. The molecular formula is C15H24N2O2S2. The number of rotatable bonds is 8. The van der Waals surface area contributed by atoms with Crippen molar-refractivity contribution in [3.63, 3.8) is 0 Å². The van der Waals surface area contributed by atoms with Gasteiger partial charge < -0.3 is 10.6 Å². The van der Waals surface area contributed by atoms with Gasteiger partial charge in [-0.3, -0.25) is 0 Å². The molecule has 4 nitrogen and oxygen atoms in total. The summed E-state index contributed by atoms with van der Waals surface area (Å²) in [5.41, 5.74) is 6.13. The molecule has 0 saturated heterocycles. The van der Waals surface area contributed by atoms with E-state index in [4.69, 9.17) is 18.0 Å². The molecule has 0 fully saturated rings. The second kappa shape index (κ2) is 7.87. The van der Waals surface area contributed by atoms with E-state index in [2.05, 4.69) is 18.7 Å². The van der Waals surface area contributed by atoms with Crippen LogP contribution in [-0.2, 0) is 9.84 Å². The molecule has 0 bridgehead atoms. The zero-order valence-electron chi connectivity index (χ0n) is 12.9. The summed E-state index contributed by atoms with van der Waals surface area (Å²) < 4.78 is 24.7. The molecule has 2 N–H and O–H groups in total. The highest BCUT2D eigenvalue weighted by molar-refractivity contribution is 7.91. The molecule has 1 unspecified atom stereocenters. The smallest absolute Gasteiger partial charge is 0.179 e. The van der Waals surface area contributed by atoms with Gasteiger partial charge in [-0.2, -0.15) is 0 Å². The van der Waals surface area contributed by atoms with Crippen LogP contribution in [-0.4, -0.2) is 44.2 Å². The Labute approximate surface area is 133 Å². The van der Waals surface area contributed by atoms with Gasteiger partial charge in [0.1, 0.15) is 4.99 Å². The van der Waals surface area contributed by atoms with Crippen molar-refractivity contribution >= 4 is 27.0 Å². The minimum Gasteiger partial charge on any atom is -0.389 e. The summed E-state index contributed by atoms with van der Waals surface area (Å²) in [4.78, 5) is 2.55. The third kappa shape index (κ3) is 5.73. The number of sulfone groups is 1. The Morgan fingerprint density at radius 1 is 1.43 bits per heavy atom. The maximum absolute atomic E-state index is 12.4. The van der Waals surface area contributed by atoms with E-state index in [0.717, 1.165) is 13.0 Å². The molecular weight excluding hydrogens is 304 g/mol. The van der Waals surface area contributed by atoms with Gasteiger partial charge in [0.15, 0.2) is 9.84 Å². The van der Waals surface area contributed by atoms with Crippen LogP contribution in [0, 0.1) is 5.92 Å². The number of hydrogen-bond acceptors (Lipinski definition) is 4. The van der Waals surface area contributed by atoms with Crippen molar-refractivity contribution in [2.45, 2.75) is 25.2 Å². The summed E-state index contributed by atoms with van der Waals surface area (Å²) in [5, 5.41) is 0. The third-order valence-corrected chi connectivity index (χ3v) is 5.47. The molecule has 21 heavy (non-hydrogen) atoms. The fourth-order valence-electron chi connectivity index (χ4n) is 1.99. The fraction of sp³-hybridized carbons (Fsp3) is 0.533. The molecule has 0 saturated carbocycles. The Kier molecular flexibility index (Phi) is 6.77. The summed E-state index contributed by atoms with van der Waals surface area (Å²) in [5.74, 6) is 0.663. The predicted molar refractivity (Wildman–Crippen MR) is 91.3 cm³/mol. The molecule has 0 aliphatic carbocycles. The first-order chi connectivity index (χ1) is 9.76. The third-order valence-electron chi connectivity index (χ3n) is 3.54. The minimum absolute atomic E-state index is 0.0979. The van der Waals surface area contributed by atoms with Gasteiger partial charge in [0.25, 0.3) is 0 Å².